The van der Waals surface area contributed by atoms with Crippen molar-refractivity contribution in [1.29, 1.82) is 0 Å². The second-order valence-electron chi connectivity index (χ2n) is 9.81. The molecule has 0 saturated carbocycles. The van der Waals surface area contributed by atoms with Crippen molar-refractivity contribution >= 4 is 41.2 Å². The van der Waals surface area contributed by atoms with E-state index >= 15 is 0 Å². The number of thioether (sulfide) groups is 1. The predicted octanol–water partition coefficient (Wildman–Crippen LogP) is 5.64. The molecule has 2 N–H and O–H groups in total. The molecule has 5 rings (SSSR count). The number of hydrogen-bond acceptors (Lipinski definition) is 8. The number of fused-ring (bicyclic) bond motifs is 2. The van der Waals surface area contributed by atoms with Crippen LogP contribution in [0.5, 0.6) is 0 Å². The lowest BCUT2D eigenvalue weighted by Gasteiger charge is -2.32. The van der Waals surface area contributed by atoms with Gasteiger partial charge in [-0.25, -0.2) is 9.71 Å². The zero-order chi connectivity index (χ0) is 30.8. The number of alkyl halides is 3. The minimum Gasteiger partial charge on any atom is -0.404 e. The fourth-order valence-electron chi connectivity index (χ4n) is 4.69. The van der Waals surface area contributed by atoms with Gasteiger partial charge in [0.25, 0.3) is 5.91 Å². The van der Waals surface area contributed by atoms with Crippen molar-refractivity contribution in [1.82, 2.24) is 15.6 Å². The number of esters is 2. The van der Waals surface area contributed by atoms with Crippen LogP contribution in [-0.2, 0) is 49.9 Å². The van der Waals surface area contributed by atoms with E-state index < -0.39 is 41.3 Å². The summed E-state index contributed by atoms with van der Waals surface area (Å²) in [7, 11) is 0. The van der Waals surface area contributed by atoms with Crippen molar-refractivity contribution in [3.8, 4) is 0 Å². The van der Waals surface area contributed by atoms with Gasteiger partial charge in [0.2, 0.25) is 0 Å². The minimum absolute atomic E-state index is 0.0849. The van der Waals surface area contributed by atoms with Crippen molar-refractivity contribution in [2.24, 2.45) is 0 Å². The molecule has 2 aromatic carbocycles. The quantitative estimate of drug-likeness (QED) is 0.203. The van der Waals surface area contributed by atoms with E-state index in [0.29, 0.717) is 52.4 Å². The molecular formula is C29H24ClF4N3O5S. The summed E-state index contributed by atoms with van der Waals surface area (Å²) in [4.78, 5) is 42.2. The highest BCUT2D eigenvalue weighted by molar-refractivity contribution is 7.98. The van der Waals surface area contributed by atoms with E-state index in [0.717, 1.165) is 17.7 Å². The smallest absolute Gasteiger partial charge is 0.404 e. The number of rotatable bonds is 6. The summed E-state index contributed by atoms with van der Waals surface area (Å²) in [6.07, 6.45) is -2.26. The maximum absolute atomic E-state index is 14.1. The summed E-state index contributed by atoms with van der Waals surface area (Å²) in [5, 5.41) is 6.00. The molecule has 2 aliphatic rings. The van der Waals surface area contributed by atoms with Crippen LogP contribution in [0.1, 0.15) is 57.6 Å². The number of hydrogen-bond donors (Lipinski definition) is 2. The van der Waals surface area contributed by atoms with Crippen LogP contribution < -0.4 is 10.6 Å². The number of nitrogens with zero attached hydrogens (tertiary/aromatic N) is 1. The molecule has 0 radical (unpaired) electrons. The van der Waals surface area contributed by atoms with Gasteiger partial charge in [-0.15, -0.1) is 11.8 Å². The Labute approximate surface area is 252 Å². The topological polar surface area (TPSA) is 107 Å². The molecule has 0 bridgehead atoms. The summed E-state index contributed by atoms with van der Waals surface area (Å²) in [6, 6.07) is 8.60. The van der Waals surface area contributed by atoms with Gasteiger partial charge in [0, 0.05) is 35.5 Å². The average molecular weight is 638 g/mol. The number of halogens is 5. The maximum Gasteiger partial charge on any atom is 0.416 e. The third-order valence-corrected chi connectivity index (χ3v) is 8.47. The van der Waals surface area contributed by atoms with E-state index in [1.165, 1.54) is 24.0 Å². The minimum atomic E-state index is -4.67. The molecule has 1 aromatic heterocycles. The monoisotopic (exact) mass is 637 g/mol. The SMILES string of the molecule is O=C1CCC(=O)OC2(NCCCc3c2ccc(Cl)c3SCc2ccc(C(=O)NCc3ccc(C(F)(F)F)cc3F)cn2)O1. The number of nitrogens with one attached hydrogen (secondary N) is 2. The second-order valence-corrected chi connectivity index (χ2v) is 11.2. The standard InChI is InChI=1S/C29H24ClF4N3O5S/c30-22-8-7-21-20(2-1-11-37-29(21)41-24(38)9-10-25(39)42-29)26(22)43-15-19-6-4-17(14-35-19)27(40)36-13-16-3-5-18(12-23(16)31)28(32,33)34/h3-8,12,14,37H,1-2,9-11,13,15H2,(H,36,40). The van der Waals surface area contributed by atoms with Gasteiger partial charge in [-0.2, -0.15) is 13.2 Å². The van der Waals surface area contributed by atoms with Crippen LogP contribution in [-0.4, -0.2) is 29.4 Å². The van der Waals surface area contributed by atoms with Gasteiger partial charge in [0.05, 0.1) is 40.2 Å². The molecule has 0 unspecified atom stereocenters. The van der Waals surface area contributed by atoms with E-state index in [-0.39, 0.29) is 30.5 Å². The van der Waals surface area contributed by atoms with E-state index in [4.69, 9.17) is 21.1 Å². The predicted molar refractivity (Wildman–Crippen MR) is 147 cm³/mol. The summed E-state index contributed by atoms with van der Waals surface area (Å²) in [5.74, 6) is -4.16. The van der Waals surface area contributed by atoms with E-state index in [1.807, 2.05) is 0 Å². The number of carbonyl (C=O) groups is 3. The number of benzene rings is 2. The van der Waals surface area contributed by atoms with Crippen LogP contribution in [0.15, 0.2) is 53.6 Å². The Kier molecular flexibility index (Phi) is 8.95. The van der Waals surface area contributed by atoms with Crippen LogP contribution in [0, 0.1) is 5.82 Å². The number of carbonyl (C=O) groups excluding carboxylic acids is 3. The molecule has 1 amide bonds. The molecular weight excluding hydrogens is 614 g/mol. The van der Waals surface area contributed by atoms with Crippen LogP contribution in [0.4, 0.5) is 17.6 Å². The number of ether oxygens (including phenoxy) is 2. The second kappa shape index (κ2) is 12.5. The molecule has 3 heterocycles. The Morgan fingerprint density at radius 1 is 1.07 bits per heavy atom. The normalized spacial score (nSPS) is 16.5. The van der Waals surface area contributed by atoms with Crippen molar-refractivity contribution in [3.05, 3.63) is 93.0 Å². The number of pyridine rings is 1. The maximum atomic E-state index is 14.1. The fourth-order valence-corrected chi connectivity index (χ4v) is 6.09. The lowest BCUT2D eigenvalue weighted by Crippen LogP contribution is -2.48. The largest absolute Gasteiger partial charge is 0.416 e. The molecule has 1 spiro atoms. The van der Waals surface area contributed by atoms with Crippen molar-refractivity contribution in [2.45, 2.75) is 55.0 Å². The third kappa shape index (κ3) is 6.94. The first-order chi connectivity index (χ1) is 20.4. The first-order valence-electron chi connectivity index (χ1n) is 13.2. The Morgan fingerprint density at radius 3 is 2.47 bits per heavy atom. The molecule has 1 saturated heterocycles. The van der Waals surface area contributed by atoms with Gasteiger partial charge >= 0.3 is 24.0 Å². The summed E-state index contributed by atoms with van der Waals surface area (Å²) >= 11 is 7.96. The summed E-state index contributed by atoms with van der Waals surface area (Å²) < 4.78 is 63.6. The lowest BCUT2D eigenvalue weighted by molar-refractivity contribution is -0.240. The van der Waals surface area contributed by atoms with Crippen molar-refractivity contribution in [3.63, 3.8) is 0 Å². The zero-order valence-electron chi connectivity index (χ0n) is 22.4. The van der Waals surface area contributed by atoms with Gasteiger partial charge in [0.1, 0.15) is 5.82 Å². The highest BCUT2D eigenvalue weighted by Gasteiger charge is 2.46. The Bertz CT molecular complexity index is 1550. The lowest BCUT2D eigenvalue weighted by atomic mass is 10.0. The molecule has 14 heteroatoms. The van der Waals surface area contributed by atoms with Crippen molar-refractivity contribution in [2.75, 3.05) is 6.54 Å². The van der Waals surface area contributed by atoms with Crippen LogP contribution >= 0.6 is 23.4 Å². The van der Waals surface area contributed by atoms with Gasteiger partial charge in [-0.05, 0) is 54.8 Å². The first kappa shape index (κ1) is 30.8. The van der Waals surface area contributed by atoms with Gasteiger partial charge in [-0.1, -0.05) is 17.7 Å². The fraction of sp³-hybridized carbons (Fsp3) is 0.310. The molecule has 2 aliphatic heterocycles. The Hall–Kier alpha value is -3.68. The summed E-state index contributed by atoms with van der Waals surface area (Å²) in [6.45, 7) is 0.118. The molecule has 3 aromatic rings. The van der Waals surface area contributed by atoms with Gasteiger partial charge in [0.15, 0.2) is 0 Å². The molecule has 43 heavy (non-hydrogen) atoms. The van der Waals surface area contributed by atoms with Gasteiger partial charge in [-0.3, -0.25) is 19.4 Å². The number of amides is 1. The Morgan fingerprint density at radius 2 is 1.81 bits per heavy atom. The third-order valence-electron chi connectivity index (χ3n) is 6.85. The summed E-state index contributed by atoms with van der Waals surface area (Å²) in [5.41, 5.74) is 0.849. The molecule has 0 atom stereocenters. The van der Waals surface area contributed by atoms with Crippen LogP contribution in [0.3, 0.4) is 0 Å². The van der Waals surface area contributed by atoms with Crippen LogP contribution in [0.2, 0.25) is 5.02 Å². The van der Waals surface area contributed by atoms with E-state index in [1.54, 1.807) is 18.2 Å². The average Bonchev–Trinajstić information content (AvgIpc) is 3.23. The molecule has 226 valence electrons. The van der Waals surface area contributed by atoms with E-state index in [2.05, 4.69) is 15.6 Å². The first-order valence-corrected chi connectivity index (χ1v) is 14.5. The van der Waals surface area contributed by atoms with E-state index in [9.17, 15) is 31.9 Å². The highest BCUT2D eigenvalue weighted by atomic mass is 35.5. The zero-order valence-corrected chi connectivity index (χ0v) is 23.9. The number of aromatic nitrogens is 1. The molecule has 8 nitrogen and oxygen atoms in total. The molecule has 1 fully saturated rings. The van der Waals surface area contributed by atoms with Crippen LogP contribution in [0.25, 0.3) is 0 Å². The molecule has 0 aliphatic carbocycles. The van der Waals surface area contributed by atoms with Gasteiger partial charge < -0.3 is 14.8 Å². The van der Waals surface area contributed by atoms with Crippen molar-refractivity contribution < 1.29 is 41.4 Å². The highest BCUT2D eigenvalue weighted by Crippen LogP contribution is 2.42. The Balaban J connectivity index is 1.27.